The number of carbonyl (C=O) groups excluding carboxylic acids is 3. The van der Waals surface area contributed by atoms with Crippen molar-refractivity contribution in [2.24, 2.45) is 16.7 Å². The second-order valence-electron chi connectivity index (χ2n) is 8.47. The summed E-state index contributed by atoms with van der Waals surface area (Å²) in [6, 6.07) is -0.509. The molecule has 4 bridgehead atoms. The first-order valence-corrected chi connectivity index (χ1v) is 9.36. The Hall–Kier alpha value is -1.71. The third kappa shape index (κ3) is 1.74. The molecule has 0 amide bonds. The smallest absolute Gasteiger partial charge is 0.340 e. The van der Waals surface area contributed by atoms with Crippen molar-refractivity contribution < 1.29 is 38.3 Å². The van der Waals surface area contributed by atoms with Gasteiger partial charge in [0.1, 0.15) is 6.10 Å². The van der Waals surface area contributed by atoms with Crippen LogP contribution in [0.1, 0.15) is 39.0 Å². The van der Waals surface area contributed by atoms with Crippen LogP contribution >= 0.6 is 0 Å². The maximum Gasteiger partial charge on any atom is 0.340 e. The Labute approximate surface area is 156 Å². The molecule has 1 spiro atoms. The highest BCUT2D eigenvalue weighted by Gasteiger charge is 2.82. The van der Waals surface area contributed by atoms with Gasteiger partial charge in [-0.2, -0.15) is 0 Å². The SMILES string of the molecule is COC(=O)[C@@H]1ON2O[C@](C)(C(=O)OC)[C@H]3CC[C@@]14C[C@@H]1CC[C@]4(C(=O)O1)[C@H]32. The number of methoxy groups -OCH3 is 2. The highest BCUT2D eigenvalue weighted by molar-refractivity contribution is 5.86. The lowest BCUT2D eigenvalue weighted by molar-refractivity contribution is -0.454. The van der Waals surface area contributed by atoms with Crippen molar-refractivity contribution in [2.75, 3.05) is 14.2 Å². The first-order valence-electron chi connectivity index (χ1n) is 9.36. The highest BCUT2D eigenvalue weighted by atomic mass is 17.0. The van der Waals surface area contributed by atoms with Gasteiger partial charge in [-0.3, -0.25) is 14.5 Å². The lowest BCUT2D eigenvalue weighted by Crippen LogP contribution is -2.77. The molecule has 9 nitrogen and oxygen atoms in total. The van der Waals surface area contributed by atoms with Crippen LogP contribution in [0.3, 0.4) is 0 Å². The van der Waals surface area contributed by atoms with E-state index in [0.717, 1.165) is 6.42 Å². The Morgan fingerprint density at radius 3 is 2.63 bits per heavy atom. The average Bonchev–Trinajstić information content (AvgIpc) is 3.00. The first-order chi connectivity index (χ1) is 12.8. The topological polar surface area (TPSA) is 101 Å². The number of nitrogens with zero attached hydrogens (tertiary/aromatic N) is 1. The van der Waals surface area contributed by atoms with Crippen LogP contribution in [-0.2, 0) is 38.3 Å². The van der Waals surface area contributed by atoms with E-state index >= 15 is 0 Å². The van der Waals surface area contributed by atoms with Gasteiger partial charge in [0.05, 0.1) is 25.7 Å². The van der Waals surface area contributed by atoms with E-state index in [1.807, 2.05) is 0 Å². The summed E-state index contributed by atoms with van der Waals surface area (Å²) in [4.78, 5) is 50.3. The van der Waals surface area contributed by atoms with Gasteiger partial charge in [0.15, 0.2) is 11.7 Å². The Morgan fingerprint density at radius 2 is 1.96 bits per heavy atom. The molecule has 0 aromatic heterocycles. The predicted molar refractivity (Wildman–Crippen MR) is 85.3 cm³/mol. The van der Waals surface area contributed by atoms with Crippen molar-refractivity contribution in [3.05, 3.63) is 0 Å². The first kappa shape index (κ1) is 17.4. The molecule has 4 aliphatic heterocycles. The molecule has 6 aliphatic rings. The zero-order chi connectivity index (χ0) is 19.2. The van der Waals surface area contributed by atoms with Crippen LogP contribution in [0.25, 0.3) is 0 Å². The second-order valence-corrected chi connectivity index (χ2v) is 8.47. The molecule has 9 heteroatoms. The number of esters is 3. The fourth-order valence-electron chi connectivity index (χ4n) is 6.54. The molecular formula is C18H23NO8. The van der Waals surface area contributed by atoms with Crippen LogP contribution in [-0.4, -0.2) is 61.2 Å². The average molecular weight is 381 g/mol. The molecule has 0 unspecified atom stereocenters. The summed E-state index contributed by atoms with van der Waals surface area (Å²) < 4.78 is 15.6. The molecule has 2 aliphatic carbocycles. The number of hydrogen-bond acceptors (Lipinski definition) is 9. The molecule has 6 rings (SSSR count). The number of hydroxylamine groups is 2. The van der Waals surface area contributed by atoms with Crippen LogP contribution in [0.2, 0.25) is 0 Å². The van der Waals surface area contributed by atoms with Gasteiger partial charge in [0, 0.05) is 11.3 Å². The number of fused-ring (bicyclic) bond motifs is 2. The van der Waals surface area contributed by atoms with Gasteiger partial charge in [0.25, 0.3) is 0 Å². The maximum atomic E-state index is 13.2. The molecular weight excluding hydrogens is 358 g/mol. The van der Waals surface area contributed by atoms with Gasteiger partial charge in [-0.1, -0.05) is 5.23 Å². The normalized spacial score (nSPS) is 50.0. The molecule has 4 saturated heterocycles. The quantitative estimate of drug-likeness (QED) is 0.500. The van der Waals surface area contributed by atoms with E-state index in [-0.39, 0.29) is 18.0 Å². The molecule has 6 fully saturated rings. The molecule has 27 heavy (non-hydrogen) atoms. The van der Waals surface area contributed by atoms with Crippen molar-refractivity contribution in [1.82, 2.24) is 5.23 Å². The monoisotopic (exact) mass is 381 g/mol. The van der Waals surface area contributed by atoms with Gasteiger partial charge in [0.2, 0.25) is 0 Å². The van der Waals surface area contributed by atoms with E-state index in [9.17, 15) is 14.4 Å². The number of rotatable bonds is 2. The molecule has 0 aromatic rings. The molecule has 4 heterocycles. The molecule has 0 radical (unpaired) electrons. The van der Waals surface area contributed by atoms with Gasteiger partial charge in [-0.05, 0) is 39.0 Å². The predicted octanol–water partition coefficient (Wildman–Crippen LogP) is 0.513. The summed E-state index contributed by atoms with van der Waals surface area (Å²) in [5, 5.41) is 1.20. The van der Waals surface area contributed by atoms with E-state index in [1.54, 1.807) is 6.92 Å². The number of carbonyl (C=O) groups is 3. The van der Waals surface area contributed by atoms with E-state index < -0.39 is 40.5 Å². The van der Waals surface area contributed by atoms with Crippen molar-refractivity contribution >= 4 is 17.9 Å². The second kappa shape index (κ2) is 5.21. The van der Waals surface area contributed by atoms with Crippen molar-refractivity contribution in [2.45, 2.75) is 62.9 Å². The lowest BCUT2D eigenvalue weighted by Gasteiger charge is -2.67. The molecule has 7 atom stereocenters. The third-order valence-corrected chi connectivity index (χ3v) is 7.70. The minimum atomic E-state index is -1.29. The van der Waals surface area contributed by atoms with E-state index in [1.165, 1.54) is 19.4 Å². The van der Waals surface area contributed by atoms with E-state index in [2.05, 4.69) is 0 Å². The minimum Gasteiger partial charge on any atom is -0.467 e. The number of ether oxygens (including phenoxy) is 3. The third-order valence-electron chi connectivity index (χ3n) is 7.70. The summed E-state index contributed by atoms with van der Waals surface area (Å²) in [7, 11) is 2.60. The largest absolute Gasteiger partial charge is 0.467 e. The van der Waals surface area contributed by atoms with Gasteiger partial charge in [-0.25, -0.2) is 9.59 Å². The van der Waals surface area contributed by atoms with Crippen LogP contribution in [0, 0.1) is 16.7 Å². The fraction of sp³-hybridized carbons (Fsp3) is 0.833. The van der Waals surface area contributed by atoms with Crippen LogP contribution in [0.15, 0.2) is 0 Å². The van der Waals surface area contributed by atoms with Crippen LogP contribution in [0.4, 0.5) is 0 Å². The highest BCUT2D eigenvalue weighted by Crippen LogP contribution is 2.72. The summed E-state index contributed by atoms with van der Waals surface area (Å²) in [6.45, 7) is 1.65. The van der Waals surface area contributed by atoms with E-state index in [4.69, 9.17) is 23.9 Å². The standard InChI is InChI=1S/C18H23NO8/c1-16(14(21)24-3)10-5-6-17-8-9-4-7-18(17,15(22)25-9)11(10)19(27-16)26-12(17)13(20)23-2/h9-12H,4-8H2,1-3H3/t9-,10-,11-,12-,16-,17+,18+/m0/s1. The summed E-state index contributed by atoms with van der Waals surface area (Å²) in [5.74, 6) is -1.69. The van der Waals surface area contributed by atoms with Crippen LogP contribution < -0.4 is 0 Å². The Balaban J connectivity index is 1.70. The van der Waals surface area contributed by atoms with Gasteiger partial charge < -0.3 is 14.2 Å². The van der Waals surface area contributed by atoms with Gasteiger partial charge >= 0.3 is 17.9 Å². The van der Waals surface area contributed by atoms with E-state index in [0.29, 0.717) is 25.7 Å². The van der Waals surface area contributed by atoms with Crippen molar-refractivity contribution in [3.8, 4) is 0 Å². The Morgan fingerprint density at radius 1 is 1.19 bits per heavy atom. The van der Waals surface area contributed by atoms with Crippen LogP contribution in [0.5, 0.6) is 0 Å². The summed E-state index contributed by atoms with van der Waals surface area (Å²) in [5.41, 5.74) is -2.96. The zero-order valence-corrected chi connectivity index (χ0v) is 15.6. The summed E-state index contributed by atoms with van der Waals surface area (Å²) in [6.07, 6.45) is 1.85. The number of hydrogen-bond donors (Lipinski definition) is 0. The molecule has 148 valence electrons. The van der Waals surface area contributed by atoms with Crippen molar-refractivity contribution in [1.29, 1.82) is 0 Å². The lowest BCUT2D eigenvalue weighted by atomic mass is 9.41. The zero-order valence-electron chi connectivity index (χ0n) is 15.6. The summed E-state index contributed by atoms with van der Waals surface area (Å²) >= 11 is 0. The van der Waals surface area contributed by atoms with Gasteiger partial charge in [-0.15, -0.1) is 0 Å². The minimum absolute atomic E-state index is 0.215. The molecule has 2 saturated carbocycles. The molecule has 0 N–H and O–H groups in total. The Kier molecular flexibility index (Phi) is 3.36. The fourth-order valence-corrected chi connectivity index (χ4v) is 6.54. The Bertz CT molecular complexity index is 741. The maximum absolute atomic E-state index is 13.2. The van der Waals surface area contributed by atoms with Crippen molar-refractivity contribution in [3.63, 3.8) is 0 Å². The molecule has 0 aromatic carbocycles.